The number of hydrogen-bond donors (Lipinski definition) is 0. The van der Waals surface area contributed by atoms with Gasteiger partial charge in [0.2, 0.25) is 0 Å². The zero-order valence-corrected chi connectivity index (χ0v) is 23.2. The number of esters is 1. The van der Waals surface area contributed by atoms with Crippen LogP contribution < -0.4 is 24.4 Å². The number of terminal acetylenes is 1. The van der Waals surface area contributed by atoms with Crippen molar-refractivity contribution in [3.05, 3.63) is 89.0 Å². The molecule has 0 aliphatic carbocycles. The second kappa shape index (κ2) is 11.2. The molecule has 0 radical (unpaired) electrons. The summed E-state index contributed by atoms with van der Waals surface area (Å²) in [5.41, 5.74) is 1.79. The largest absolute Gasteiger partial charge is 0.496 e. The molecule has 4 rings (SSSR count). The number of nitrogens with zero attached hydrogens (tertiary/aromatic N) is 2. The number of ether oxygens (including phenoxy) is 3. The van der Waals surface area contributed by atoms with Crippen LogP contribution in [0.1, 0.15) is 37.9 Å². The van der Waals surface area contributed by atoms with E-state index in [1.807, 2.05) is 30.3 Å². The summed E-state index contributed by atoms with van der Waals surface area (Å²) in [6, 6.07) is 12.0. The lowest BCUT2D eigenvalue weighted by Gasteiger charge is -2.26. The number of para-hydroxylation sites is 1. The van der Waals surface area contributed by atoms with Crippen molar-refractivity contribution in [3.63, 3.8) is 0 Å². The molecule has 1 aromatic heterocycles. The zero-order valence-electron chi connectivity index (χ0n) is 20.8. The van der Waals surface area contributed by atoms with E-state index in [2.05, 4.69) is 26.8 Å². The van der Waals surface area contributed by atoms with Gasteiger partial charge in [-0.05, 0) is 51.1 Å². The highest BCUT2D eigenvalue weighted by Gasteiger charge is 2.35. The van der Waals surface area contributed by atoms with E-state index in [-0.39, 0.29) is 23.8 Å². The fourth-order valence-corrected chi connectivity index (χ4v) is 5.48. The molecule has 3 aromatic rings. The van der Waals surface area contributed by atoms with E-state index in [4.69, 9.17) is 20.6 Å². The molecule has 0 bridgehead atoms. The van der Waals surface area contributed by atoms with E-state index < -0.39 is 12.0 Å². The highest BCUT2D eigenvalue weighted by Crippen LogP contribution is 2.37. The quantitative estimate of drug-likeness (QED) is 0.312. The number of aromatic nitrogens is 1. The Bertz CT molecular complexity index is 1610. The molecule has 0 amide bonds. The average Bonchev–Trinajstić information content (AvgIpc) is 3.16. The lowest BCUT2D eigenvalue weighted by atomic mass is 9.95. The Morgan fingerprint density at radius 2 is 2.03 bits per heavy atom. The Morgan fingerprint density at radius 1 is 1.27 bits per heavy atom. The van der Waals surface area contributed by atoms with Crippen LogP contribution in [0.5, 0.6) is 11.5 Å². The first-order valence-corrected chi connectivity index (χ1v) is 13.1. The summed E-state index contributed by atoms with van der Waals surface area (Å²) >= 11 is 4.74. The van der Waals surface area contributed by atoms with Crippen LogP contribution in [0.4, 0.5) is 0 Å². The molecule has 0 spiro atoms. The predicted octanol–water partition coefficient (Wildman–Crippen LogP) is 3.97. The number of allylic oxidation sites excluding steroid dienone is 1. The van der Waals surface area contributed by atoms with Crippen molar-refractivity contribution in [3.8, 4) is 23.8 Å². The van der Waals surface area contributed by atoms with Crippen LogP contribution in [-0.4, -0.2) is 30.4 Å². The summed E-state index contributed by atoms with van der Waals surface area (Å²) in [6.07, 6.45) is 6.75. The van der Waals surface area contributed by atoms with Crippen LogP contribution in [0.25, 0.3) is 6.08 Å². The first kappa shape index (κ1) is 26.5. The highest BCUT2D eigenvalue weighted by molar-refractivity contribution is 9.10. The van der Waals surface area contributed by atoms with Crippen molar-refractivity contribution in [1.82, 2.24) is 4.57 Å². The second-order valence-electron chi connectivity index (χ2n) is 8.45. The number of carbonyl (C=O) groups is 1. The van der Waals surface area contributed by atoms with Gasteiger partial charge in [0, 0.05) is 15.6 Å². The molecule has 1 aliphatic rings. The van der Waals surface area contributed by atoms with Gasteiger partial charge < -0.3 is 14.2 Å². The van der Waals surface area contributed by atoms with E-state index in [0.717, 1.165) is 4.47 Å². The van der Waals surface area contributed by atoms with Gasteiger partial charge in [0.05, 0.1) is 29.0 Å². The number of halogens is 1. The van der Waals surface area contributed by atoms with Gasteiger partial charge in [0.15, 0.2) is 4.80 Å². The number of hydrogen-bond acceptors (Lipinski definition) is 7. The molecule has 190 valence electrons. The summed E-state index contributed by atoms with van der Waals surface area (Å²) in [7, 11) is 1.55. The van der Waals surface area contributed by atoms with Gasteiger partial charge >= 0.3 is 5.97 Å². The van der Waals surface area contributed by atoms with Crippen LogP contribution >= 0.6 is 27.3 Å². The van der Waals surface area contributed by atoms with Crippen LogP contribution in [0.2, 0.25) is 0 Å². The van der Waals surface area contributed by atoms with Gasteiger partial charge in [-0.3, -0.25) is 9.36 Å². The lowest BCUT2D eigenvalue weighted by molar-refractivity contribution is -0.143. The maximum Gasteiger partial charge on any atom is 0.338 e. The SMILES string of the molecule is C#CCOc1ccccc1/C=c1\sc2n(c1=O)[C@H](c1cc(Br)ccc1OC)C(C(=O)OC(C)C)=C(C)N=2. The molecule has 0 unspecified atom stereocenters. The molecular formula is C28H25BrN2O5S. The van der Waals surface area contributed by atoms with Gasteiger partial charge in [-0.2, -0.15) is 0 Å². The zero-order chi connectivity index (χ0) is 26.7. The minimum absolute atomic E-state index is 0.106. The third-order valence-corrected chi connectivity index (χ3v) is 7.06. The molecule has 2 heterocycles. The fraction of sp³-hybridized carbons (Fsp3) is 0.250. The number of carbonyl (C=O) groups excluding carboxylic acids is 1. The van der Waals surface area contributed by atoms with Crippen LogP contribution in [0.3, 0.4) is 0 Å². The van der Waals surface area contributed by atoms with Crippen LogP contribution in [0.15, 0.2) is 68.0 Å². The average molecular weight is 581 g/mol. The molecular weight excluding hydrogens is 556 g/mol. The van der Waals surface area contributed by atoms with Crippen LogP contribution in [0, 0.1) is 12.3 Å². The van der Waals surface area contributed by atoms with E-state index >= 15 is 0 Å². The van der Waals surface area contributed by atoms with Gasteiger partial charge in [0.25, 0.3) is 5.56 Å². The van der Waals surface area contributed by atoms with Crippen molar-refractivity contribution in [2.45, 2.75) is 32.9 Å². The molecule has 0 saturated carbocycles. The molecule has 0 fully saturated rings. The Morgan fingerprint density at radius 3 is 2.73 bits per heavy atom. The summed E-state index contributed by atoms with van der Waals surface area (Å²) in [4.78, 5) is 32.3. The second-order valence-corrected chi connectivity index (χ2v) is 10.4. The third kappa shape index (κ3) is 5.41. The Balaban J connectivity index is 1.98. The van der Waals surface area contributed by atoms with Crippen molar-refractivity contribution < 1.29 is 19.0 Å². The van der Waals surface area contributed by atoms with E-state index in [0.29, 0.717) is 37.7 Å². The predicted molar refractivity (Wildman–Crippen MR) is 146 cm³/mol. The molecule has 1 atom stereocenters. The maximum absolute atomic E-state index is 13.9. The third-order valence-electron chi connectivity index (χ3n) is 5.59. The minimum Gasteiger partial charge on any atom is -0.496 e. The van der Waals surface area contributed by atoms with Gasteiger partial charge in [-0.25, -0.2) is 9.79 Å². The number of methoxy groups -OCH3 is 1. The smallest absolute Gasteiger partial charge is 0.338 e. The topological polar surface area (TPSA) is 79.1 Å². The normalized spacial score (nSPS) is 15.2. The lowest BCUT2D eigenvalue weighted by Crippen LogP contribution is -2.40. The Hall–Kier alpha value is -3.61. The number of benzene rings is 2. The standard InChI is InChI=1S/C28H25BrN2O5S/c1-6-13-35-21-10-8-7-9-18(21)14-23-26(32)31-25(20-15-19(29)11-12-22(20)34-5)24(27(33)36-16(2)3)17(4)30-28(31)37-23/h1,7-12,14-16,25H,13H2,2-5H3/b23-14-/t25-/m1/s1. The van der Waals surface area contributed by atoms with Crippen molar-refractivity contribution >= 4 is 39.3 Å². The first-order valence-electron chi connectivity index (χ1n) is 11.5. The number of rotatable bonds is 7. The van der Waals surface area contributed by atoms with Crippen molar-refractivity contribution in [2.24, 2.45) is 4.99 Å². The molecule has 0 N–H and O–H groups in total. The van der Waals surface area contributed by atoms with Gasteiger partial charge in [-0.1, -0.05) is 51.4 Å². The molecule has 9 heteroatoms. The minimum atomic E-state index is -0.801. The summed E-state index contributed by atoms with van der Waals surface area (Å²) in [5.74, 6) is 3.01. The molecule has 37 heavy (non-hydrogen) atoms. The van der Waals surface area contributed by atoms with Gasteiger partial charge in [-0.15, -0.1) is 6.42 Å². The summed E-state index contributed by atoms with van der Waals surface area (Å²) in [5, 5.41) is 0. The fourth-order valence-electron chi connectivity index (χ4n) is 4.07. The van der Waals surface area contributed by atoms with Gasteiger partial charge in [0.1, 0.15) is 24.1 Å². The summed E-state index contributed by atoms with van der Waals surface area (Å²) in [6.45, 7) is 5.40. The van der Waals surface area contributed by atoms with E-state index in [1.165, 1.54) is 15.9 Å². The van der Waals surface area contributed by atoms with Crippen molar-refractivity contribution in [2.75, 3.05) is 13.7 Å². The molecule has 1 aliphatic heterocycles. The maximum atomic E-state index is 13.9. The van der Waals surface area contributed by atoms with Crippen molar-refractivity contribution in [1.29, 1.82) is 0 Å². The first-order chi connectivity index (χ1) is 17.7. The highest BCUT2D eigenvalue weighted by atomic mass is 79.9. The number of thiazole rings is 1. The van der Waals surface area contributed by atoms with E-state index in [9.17, 15) is 9.59 Å². The number of fused-ring (bicyclic) bond motifs is 1. The van der Waals surface area contributed by atoms with Crippen LogP contribution in [-0.2, 0) is 9.53 Å². The Labute approximate surface area is 226 Å². The molecule has 2 aromatic carbocycles. The molecule has 0 saturated heterocycles. The van der Waals surface area contributed by atoms with E-state index in [1.54, 1.807) is 46.1 Å². The summed E-state index contributed by atoms with van der Waals surface area (Å²) < 4.78 is 19.6. The monoisotopic (exact) mass is 580 g/mol. The molecule has 7 nitrogen and oxygen atoms in total. The Kier molecular flexibility index (Phi) is 8.00.